The number of halogens is 1. The zero-order chi connectivity index (χ0) is 15.2. The van der Waals surface area contributed by atoms with E-state index in [-0.39, 0.29) is 0 Å². The lowest BCUT2D eigenvalue weighted by Gasteiger charge is -2.04. The van der Waals surface area contributed by atoms with Crippen LogP contribution in [0.2, 0.25) is 5.02 Å². The van der Waals surface area contributed by atoms with E-state index in [0.29, 0.717) is 16.8 Å². The fourth-order valence-electron chi connectivity index (χ4n) is 1.89. The molecule has 1 N–H and O–H groups in total. The summed E-state index contributed by atoms with van der Waals surface area (Å²) in [6, 6.07) is 17.3. The summed E-state index contributed by atoms with van der Waals surface area (Å²) in [6.45, 7) is 0.570. The van der Waals surface area contributed by atoms with E-state index in [1.807, 2.05) is 48.5 Å². The highest BCUT2D eigenvalue weighted by Gasteiger charge is 2.05. The van der Waals surface area contributed by atoms with Gasteiger partial charge in [0.25, 0.3) is 0 Å². The molecule has 0 bridgehead atoms. The van der Waals surface area contributed by atoms with Crippen LogP contribution in [0.15, 0.2) is 59.8 Å². The first kappa shape index (κ1) is 14.9. The van der Waals surface area contributed by atoms with E-state index in [1.54, 1.807) is 17.8 Å². The predicted octanol–water partition coefficient (Wildman–Crippen LogP) is 4.30. The van der Waals surface area contributed by atoms with Gasteiger partial charge in [0.1, 0.15) is 5.75 Å². The Labute approximate surface area is 137 Å². The number of aromatic amines is 1. The summed E-state index contributed by atoms with van der Waals surface area (Å²) in [4.78, 5) is 4.46. The van der Waals surface area contributed by atoms with Crippen LogP contribution in [-0.4, -0.2) is 27.5 Å². The molecule has 6 heteroatoms. The molecule has 0 atom stereocenters. The van der Waals surface area contributed by atoms with Gasteiger partial charge in [-0.2, -0.15) is 0 Å². The molecular formula is C16H14ClN3OS. The van der Waals surface area contributed by atoms with Gasteiger partial charge in [0.15, 0.2) is 5.82 Å². The molecule has 0 aliphatic rings. The number of hydrogen-bond donors (Lipinski definition) is 1. The summed E-state index contributed by atoms with van der Waals surface area (Å²) in [5.74, 6) is 2.31. The van der Waals surface area contributed by atoms with Gasteiger partial charge in [-0.05, 0) is 18.2 Å². The summed E-state index contributed by atoms with van der Waals surface area (Å²) in [6.07, 6.45) is 0. The Morgan fingerprint density at radius 3 is 2.77 bits per heavy atom. The monoisotopic (exact) mass is 331 g/mol. The Bertz CT molecular complexity index is 733. The number of H-pyrrole nitrogens is 1. The molecule has 0 aliphatic carbocycles. The van der Waals surface area contributed by atoms with Crippen LogP contribution in [0.25, 0.3) is 11.4 Å². The van der Waals surface area contributed by atoms with Gasteiger partial charge in [-0.1, -0.05) is 59.8 Å². The summed E-state index contributed by atoms with van der Waals surface area (Å²) in [5, 5.41) is 8.54. The van der Waals surface area contributed by atoms with Crippen LogP contribution in [0, 0.1) is 0 Å². The molecule has 2 aromatic carbocycles. The molecule has 0 saturated heterocycles. The van der Waals surface area contributed by atoms with E-state index in [4.69, 9.17) is 16.3 Å². The maximum atomic E-state index is 5.91. The minimum atomic E-state index is 0.570. The van der Waals surface area contributed by atoms with Crippen molar-refractivity contribution in [3.05, 3.63) is 59.6 Å². The van der Waals surface area contributed by atoms with Gasteiger partial charge >= 0.3 is 0 Å². The van der Waals surface area contributed by atoms with Crippen molar-refractivity contribution in [2.45, 2.75) is 5.16 Å². The smallest absolute Gasteiger partial charge is 0.208 e. The van der Waals surface area contributed by atoms with Crippen LogP contribution in [0.4, 0.5) is 0 Å². The second kappa shape index (κ2) is 7.33. The molecule has 0 fully saturated rings. The van der Waals surface area contributed by atoms with E-state index >= 15 is 0 Å². The molecule has 112 valence electrons. The normalized spacial score (nSPS) is 10.6. The topological polar surface area (TPSA) is 50.8 Å². The molecule has 0 unspecified atom stereocenters. The molecule has 0 spiro atoms. The van der Waals surface area contributed by atoms with Gasteiger partial charge in [0.05, 0.1) is 6.61 Å². The lowest BCUT2D eigenvalue weighted by atomic mass is 10.2. The molecule has 1 heterocycles. The zero-order valence-electron chi connectivity index (χ0n) is 11.7. The molecule has 0 amide bonds. The van der Waals surface area contributed by atoms with E-state index in [2.05, 4.69) is 15.2 Å². The summed E-state index contributed by atoms with van der Waals surface area (Å²) in [7, 11) is 0. The van der Waals surface area contributed by atoms with Gasteiger partial charge in [-0.25, -0.2) is 4.98 Å². The van der Waals surface area contributed by atoms with E-state index in [1.165, 1.54) is 0 Å². The number of thioether (sulfide) groups is 1. The highest BCUT2D eigenvalue weighted by molar-refractivity contribution is 7.99. The molecule has 22 heavy (non-hydrogen) atoms. The van der Waals surface area contributed by atoms with Gasteiger partial charge < -0.3 is 4.74 Å². The minimum Gasteiger partial charge on any atom is -0.493 e. The third kappa shape index (κ3) is 4.02. The third-order valence-electron chi connectivity index (χ3n) is 2.89. The predicted molar refractivity (Wildman–Crippen MR) is 89.5 cm³/mol. The number of ether oxygens (including phenoxy) is 1. The van der Waals surface area contributed by atoms with Gasteiger partial charge in [-0.15, -0.1) is 5.10 Å². The molecular weight excluding hydrogens is 318 g/mol. The number of nitrogens with one attached hydrogen (secondary N) is 1. The summed E-state index contributed by atoms with van der Waals surface area (Å²) in [5.41, 5.74) is 1.03. The molecule has 0 radical (unpaired) electrons. The van der Waals surface area contributed by atoms with E-state index in [0.717, 1.165) is 22.9 Å². The number of rotatable bonds is 6. The maximum Gasteiger partial charge on any atom is 0.208 e. The first-order chi connectivity index (χ1) is 10.8. The first-order valence-electron chi connectivity index (χ1n) is 6.80. The second-order valence-electron chi connectivity index (χ2n) is 4.49. The Balaban J connectivity index is 1.49. The van der Waals surface area contributed by atoms with Crippen molar-refractivity contribution in [2.75, 3.05) is 12.4 Å². The fraction of sp³-hybridized carbons (Fsp3) is 0.125. The molecule has 3 rings (SSSR count). The zero-order valence-corrected chi connectivity index (χ0v) is 13.3. The average Bonchev–Trinajstić information content (AvgIpc) is 3.01. The molecule has 3 aromatic rings. The van der Waals surface area contributed by atoms with Crippen molar-refractivity contribution in [3.8, 4) is 17.1 Å². The van der Waals surface area contributed by atoms with Crippen molar-refractivity contribution in [2.24, 2.45) is 0 Å². The van der Waals surface area contributed by atoms with Crippen LogP contribution in [-0.2, 0) is 0 Å². The highest BCUT2D eigenvalue weighted by Crippen LogP contribution is 2.20. The van der Waals surface area contributed by atoms with E-state index < -0.39 is 0 Å². The average molecular weight is 332 g/mol. The van der Waals surface area contributed by atoms with Crippen molar-refractivity contribution >= 4 is 23.4 Å². The number of benzene rings is 2. The second-order valence-corrected chi connectivity index (χ2v) is 5.99. The molecule has 0 aliphatic heterocycles. The van der Waals surface area contributed by atoms with Crippen LogP contribution in [0.5, 0.6) is 5.75 Å². The van der Waals surface area contributed by atoms with Crippen molar-refractivity contribution in [3.63, 3.8) is 0 Å². The Morgan fingerprint density at radius 1 is 1.09 bits per heavy atom. The van der Waals surface area contributed by atoms with Gasteiger partial charge in [0.2, 0.25) is 5.16 Å². The van der Waals surface area contributed by atoms with Crippen molar-refractivity contribution in [1.29, 1.82) is 0 Å². The number of aromatic nitrogens is 3. The molecule has 1 aromatic heterocycles. The minimum absolute atomic E-state index is 0.570. The SMILES string of the molecule is Clc1cccc(OCCSc2n[nH]c(-c3ccccc3)n2)c1. The lowest BCUT2D eigenvalue weighted by molar-refractivity contribution is 0.344. The standard InChI is InChI=1S/C16H14ClN3OS/c17-13-7-4-8-14(11-13)21-9-10-22-16-18-15(19-20-16)12-5-2-1-3-6-12/h1-8,11H,9-10H2,(H,18,19,20). The van der Waals surface area contributed by atoms with Crippen molar-refractivity contribution in [1.82, 2.24) is 15.2 Å². The lowest BCUT2D eigenvalue weighted by Crippen LogP contribution is -2.00. The first-order valence-corrected chi connectivity index (χ1v) is 8.16. The maximum absolute atomic E-state index is 5.91. The van der Waals surface area contributed by atoms with Crippen LogP contribution >= 0.6 is 23.4 Å². The van der Waals surface area contributed by atoms with Crippen molar-refractivity contribution < 1.29 is 4.74 Å². The van der Waals surface area contributed by atoms with Crippen LogP contribution in [0.3, 0.4) is 0 Å². The summed E-state index contributed by atoms with van der Waals surface area (Å²) < 4.78 is 5.63. The van der Waals surface area contributed by atoms with E-state index in [9.17, 15) is 0 Å². The van der Waals surface area contributed by atoms with Gasteiger partial charge in [0, 0.05) is 16.3 Å². The Hall–Kier alpha value is -1.98. The fourth-order valence-corrected chi connectivity index (χ4v) is 2.68. The van der Waals surface area contributed by atoms with Crippen LogP contribution in [0.1, 0.15) is 0 Å². The molecule has 0 saturated carbocycles. The Morgan fingerprint density at radius 2 is 1.95 bits per heavy atom. The quantitative estimate of drug-likeness (QED) is 0.540. The molecule has 4 nitrogen and oxygen atoms in total. The number of nitrogens with zero attached hydrogens (tertiary/aromatic N) is 2. The highest BCUT2D eigenvalue weighted by atomic mass is 35.5. The largest absolute Gasteiger partial charge is 0.493 e. The third-order valence-corrected chi connectivity index (χ3v) is 3.94. The number of hydrogen-bond acceptors (Lipinski definition) is 4. The van der Waals surface area contributed by atoms with Crippen LogP contribution < -0.4 is 4.74 Å². The summed E-state index contributed by atoms with van der Waals surface area (Å²) >= 11 is 7.45. The Kier molecular flexibility index (Phi) is 4.98. The van der Waals surface area contributed by atoms with Gasteiger partial charge in [-0.3, -0.25) is 5.10 Å².